The Bertz CT molecular complexity index is 758. The number of carbonyl (C=O) groups excluding carboxylic acids is 1. The second kappa shape index (κ2) is 6.39. The van der Waals surface area contributed by atoms with E-state index >= 15 is 0 Å². The predicted octanol–water partition coefficient (Wildman–Crippen LogP) is 2.38. The van der Waals surface area contributed by atoms with Gasteiger partial charge in [-0.25, -0.2) is 5.43 Å². The van der Waals surface area contributed by atoms with Gasteiger partial charge in [0.1, 0.15) is 0 Å². The highest BCUT2D eigenvalue weighted by molar-refractivity contribution is 5.93. The predicted molar refractivity (Wildman–Crippen MR) is 85.4 cm³/mol. The van der Waals surface area contributed by atoms with E-state index in [9.17, 15) is 14.9 Å². The second-order valence-corrected chi connectivity index (χ2v) is 5.93. The van der Waals surface area contributed by atoms with Crippen LogP contribution in [0.1, 0.15) is 42.5 Å². The van der Waals surface area contributed by atoms with Crippen LogP contribution >= 0.6 is 0 Å². The number of nitro groups is 1. The van der Waals surface area contributed by atoms with E-state index in [1.54, 1.807) is 24.3 Å². The summed E-state index contributed by atoms with van der Waals surface area (Å²) in [4.78, 5) is 22.3. The van der Waals surface area contributed by atoms with Gasteiger partial charge < -0.3 is 0 Å². The zero-order valence-corrected chi connectivity index (χ0v) is 13.0. The Hall–Kier alpha value is -3.03. The van der Waals surface area contributed by atoms with Crippen molar-refractivity contribution in [3.05, 3.63) is 57.4 Å². The second-order valence-electron chi connectivity index (χ2n) is 5.93. The van der Waals surface area contributed by atoms with E-state index in [1.165, 1.54) is 12.3 Å². The Kier molecular flexibility index (Phi) is 4.54. The van der Waals surface area contributed by atoms with Gasteiger partial charge in [0.15, 0.2) is 5.69 Å². The maximum absolute atomic E-state index is 12.0. The normalized spacial score (nSPS) is 11.6. The quantitative estimate of drug-likeness (QED) is 0.512. The Labute approximate surface area is 132 Å². The van der Waals surface area contributed by atoms with Gasteiger partial charge in [0, 0.05) is 17.2 Å². The number of hydrazone groups is 1. The summed E-state index contributed by atoms with van der Waals surface area (Å²) < 4.78 is 0. The fourth-order valence-corrected chi connectivity index (χ4v) is 1.80. The van der Waals surface area contributed by atoms with Crippen molar-refractivity contribution in [2.75, 3.05) is 0 Å². The van der Waals surface area contributed by atoms with Crippen molar-refractivity contribution < 1.29 is 9.72 Å². The average Bonchev–Trinajstić information content (AvgIpc) is 2.97. The Balaban J connectivity index is 2.08. The van der Waals surface area contributed by atoms with Gasteiger partial charge in [0.05, 0.1) is 16.7 Å². The van der Waals surface area contributed by atoms with E-state index in [0.29, 0.717) is 5.56 Å². The molecule has 0 unspecified atom stereocenters. The summed E-state index contributed by atoms with van der Waals surface area (Å²) in [7, 11) is 0. The summed E-state index contributed by atoms with van der Waals surface area (Å²) in [5.74, 6) is -0.494. The Morgan fingerprint density at radius 3 is 2.70 bits per heavy atom. The molecule has 8 heteroatoms. The minimum Gasteiger partial charge on any atom is -0.281 e. The maximum atomic E-state index is 12.0. The molecule has 1 amide bonds. The van der Waals surface area contributed by atoms with E-state index in [0.717, 1.165) is 5.69 Å². The minimum atomic E-state index is -0.507. The Morgan fingerprint density at radius 2 is 2.09 bits per heavy atom. The van der Waals surface area contributed by atoms with Crippen LogP contribution < -0.4 is 5.43 Å². The minimum absolute atomic E-state index is 0.0831. The van der Waals surface area contributed by atoms with Gasteiger partial charge in [-0.05, 0) is 12.1 Å². The number of carbonyl (C=O) groups is 1. The molecule has 0 aliphatic carbocycles. The average molecular weight is 315 g/mol. The number of rotatable bonds is 4. The SMILES string of the molecule is CC(C)(C)c1cc(C(=O)NN=Cc2ccccc2[N+](=O)[O-])n[nH]1. The van der Waals surface area contributed by atoms with Crippen molar-refractivity contribution in [2.24, 2.45) is 5.10 Å². The number of hydrogen-bond donors (Lipinski definition) is 2. The Morgan fingerprint density at radius 1 is 1.39 bits per heavy atom. The van der Waals surface area contributed by atoms with Crippen LogP contribution in [0.15, 0.2) is 35.4 Å². The zero-order chi connectivity index (χ0) is 17.0. The monoisotopic (exact) mass is 315 g/mol. The molecule has 2 N–H and O–H groups in total. The summed E-state index contributed by atoms with van der Waals surface area (Å²) in [6.45, 7) is 5.98. The summed E-state index contributed by atoms with van der Waals surface area (Å²) in [5.41, 5.74) is 3.40. The molecule has 1 aromatic carbocycles. The number of aromatic nitrogens is 2. The lowest BCUT2D eigenvalue weighted by Gasteiger charge is -2.14. The van der Waals surface area contributed by atoms with Crippen LogP contribution in [0.3, 0.4) is 0 Å². The van der Waals surface area contributed by atoms with Crippen molar-refractivity contribution in [3.63, 3.8) is 0 Å². The van der Waals surface area contributed by atoms with E-state index in [1.807, 2.05) is 20.8 Å². The first-order valence-corrected chi connectivity index (χ1v) is 6.92. The summed E-state index contributed by atoms with van der Waals surface area (Å²) in [6, 6.07) is 7.77. The van der Waals surface area contributed by atoms with Crippen LogP contribution in [0.2, 0.25) is 0 Å². The maximum Gasteiger partial charge on any atom is 0.291 e. The topological polar surface area (TPSA) is 113 Å². The molecule has 0 saturated carbocycles. The number of hydrogen-bond acceptors (Lipinski definition) is 5. The molecule has 0 bridgehead atoms. The molecule has 0 fully saturated rings. The van der Waals surface area contributed by atoms with Crippen molar-refractivity contribution in [1.29, 1.82) is 0 Å². The van der Waals surface area contributed by atoms with Gasteiger partial charge in [-0.1, -0.05) is 32.9 Å². The van der Waals surface area contributed by atoms with Gasteiger partial charge >= 0.3 is 0 Å². The standard InChI is InChI=1S/C15H17N5O3/c1-15(2,3)13-8-11(17-18-13)14(21)19-16-9-10-6-4-5-7-12(10)20(22)23/h4-9H,1-3H3,(H,17,18)(H,19,21). The molecule has 8 nitrogen and oxygen atoms in total. The van der Waals surface area contributed by atoms with Crippen LogP contribution in [-0.4, -0.2) is 27.2 Å². The zero-order valence-electron chi connectivity index (χ0n) is 13.0. The van der Waals surface area contributed by atoms with Crippen molar-refractivity contribution in [1.82, 2.24) is 15.6 Å². The van der Waals surface area contributed by atoms with Crippen LogP contribution in [0.4, 0.5) is 5.69 Å². The third-order valence-corrected chi connectivity index (χ3v) is 3.12. The van der Waals surface area contributed by atoms with E-state index in [2.05, 4.69) is 20.7 Å². The molecule has 1 heterocycles. The van der Waals surface area contributed by atoms with Crippen molar-refractivity contribution in [2.45, 2.75) is 26.2 Å². The third kappa shape index (κ3) is 4.00. The molecule has 0 radical (unpaired) electrons. The molecule has 0 saturated heterocycles. The molecule has 0 aliphatic rings. The first-order chi connectivity index (χ1) is 10.8. The molecule has 2 aromatic rings. The summed E-state index contributed by atoms with van der Waals surface area (Å²) in [6.07, 6.45) is 1.23. The van der Waals surface area contributed by atoms with E-state index in [-0.39, 0.29) is 16.8 Å². The van der Waals surface area contributed by atoms with Gasteiger partial charge in [0.25, 0.3) is 11.6 Å². The van der Waals surface area contributed by atoms with Crippen LogP contribution in [-0.2, 0) is 5.41 Å². The highest BCUT2D eigenvalue weighted by atomic mass is 16.6. The number of aromatic amines is 1. The lowest BCUT2D eigenvalue weighted by molar-refractivity contribution is -0.385. The largest absolute Gasteiger partial charge is 0.291 e. The number of nitro benzene ring substituents is 1. The van der Waals surface area contributed by atoms with Crippen molar-refractivity contribution >= 4 is 17.8 Å². The van der Waals surface area contributed by atoms with Gasteiger partial charge in [-0.15, -0.1) is 0 Å². The number of benzene rings is 1. The molecule has 120 valence electrons. The molecular formula is C15H17N5O3. The smallest absolute Gasteiger partial charge is 0.281 e. The molecule has 2 rings (SSSR count). The number of H-pyrrole nitrogens is 1. The van der Waals surface area contributed by atoms with E-state index in [4.69, 9.17) is 0 Å². The highest BCUT2D eigenvalue weighted by Gasteiger charge is 2.19. The molecule has 23 heavy (non-hydrogen) atoms. The number of nitrogens with zero attached hydrogens (tertiary/aromatic N) is 3. The van der Waals surface area contributed by atoms with Gasteiger partial charge in [0.2, 0.25) is 0 Å². The molecule has 0 spiro atoms. The third-order valence-electron chi connectivity index (χ3n) is 3.12. The summed E-state index contributed by atoms with van der Waals surface area (Å²) >= 11 is 0. The van der Waals surface area contributed by atoms with Gasteiger partial charge in [-0.3, -0.25) is 20.0 Å². The fourth-order valence-electron chi connectivity index (χ4n) is 1.80. The van der Waals surface area contributed by atoms with Gasteiger partial charge in [-0.2, -0.15) is 10.2 Å². The lowest BCUT2D eigenvalue weighted by atomic mass is 9.92. The molecule has 0 aliphatic heterocycles. The summed E-state index contributed by atoms with van der Waals surface area (Å²) in [5, 5.41) is 21.4. The number of amides is 1. The lowest BCUT2D eigenvalue weighted by Crippen LogP contribution is -2.18. The van der Waals surface area contributed by atoms with Crippen LogP contribution in [0.5, 0.6) is 0 Å². The number of para-hydroxylation sites is 1. The highest BCUT2D eigenvalue weighted by Crippen LogP contribution is 2.20. The van der Waals surface area contributed by atoms with E-state index < -0.39 is 10.8 Å². The first kappa shape index (κ1) is 16.3. The van der Waals surface area contributed by atoms with Crippen molar-refractivity contribution in [3.8, 4) is 0 Å². The number of nitrogens with one attached hydrogen (secondary N) is 2. The molecular weight excluding hydrogens is 298 g/mol. The molecule has 0 atom stereocenters. The van der Waals surface area contributed by atoms with Crippen LogP contribution in [0.25, 0.3) is 0 Å². The van der Waals surface area contributed by atoms with Crippen LogP contribution in [0, 0.1) is 10.1 Å². The first-order valence-electron chi connectivity index (χ1n) is 6.92. The molecule has 1 aromatic heterocycles. The fraction of sp³-hybridized carbons (Fsp3) is 0.267.